The molecule has 1 amide bonds. The lowest BCUT2D eigenvalue weighted by molar-refractivity contribution is -0.131. The summed E-state index contributed by atoms with van der Waals surface area (Å²) in [4.78, 5) is 16.0. The maximum Gasteiger partial charge on any atom is 0.236 e. The van der Waals surface area contributed by atoms with E-state index in [1.807, 2.05) is 11.9 Å². The molecule has 21 heavy (non-hydrogen) atoms. The Morgan fingerprint density at radius 1 is 1.29 bits per heavy atom. The van der Waals surface area contributed by atoms with Crippen molar-refractivity contribution in [2.24, 2.45) is 0 Å². The number of carbonyl (C=O) groups is 1. The summed E-state index contributed by atoms with van der Waals surface area (Å²) in [5, 5.41) is 3.49. The van der Waals surface area contributed by atoms with Gasteiger partial charge in [-0.2, -0.15) is 0 Å². The molecule has 0 spiro atoms. The van der Waals surface area contributed by atoms with Crippen molar-refractivity contribution in [1.82, 2.24) is 10.2 Å². The fourth-order valence-corrected chi connectivity index (χ4v) is 4.41. The topological polar surface area (TPSA) is 32.3 Å². The van der Waals surface area contributed by atoms with Crippen molar-refractivity contribution in [1.29, 1.82) is 0 Å². The van der Waals surface area contributed by atoms with Crippen molar-refractivity contribution in [2.75, 3.05) is 20.1 Å². The third kappa shape index (κ3) is 3.74. The number of nitrogens with one attached hydrogen (secondary N) is 1. The lowest BCUT2D eigenvalue weighted by Gasteiger charge is -2.29. The lowest BCUT2D eigenvalue weighted by Crippen LogP contribution is -2.42. The number of halogens is 1. The number of thioether (sulfide) groups is 1. The smallest absolute Gasteiger partial charge is 0.236 e. The number of carbonyl (C=O) groups excluding carboxylic acids is 1. The molecule has 1 N–H and O–H groups in total. The van der Waals surface area contributed by atoms with Gasteiger partial charge in [0.2, 0.25) is 5.91 Å². The highest BCUT2D eigenvalue weighted by atomic mass is 35.5. The van der Waals surface area contributed by atoms with Gasteiger partial charge in [-0.05, 0) is 50.4 Å². The highest BCUT2D eigenvalue weighted by Gasteiger charge is 2.32. The Hall–Kier alpha value is -0.710. The number of hydrogen-bond donors (Lipinski definition) is 1. The van der Waals surface area contributed by atoms with Gasteiger partial charge in [0.15, 0.2) is 0 Å². The van der Waals surface area contributed by atoms with Crippen LogP contribution in [0.4, 0.5) is 0 Å². The minimum absolute atomic E-state index is 0. The number of fused-ring (bicyclic) bond motifs is 1. The van der Waals surface area contributed by atoms with Crippen LogP contribution in [-0.4, -0.2) is 42.2 Å². The maximum atomic E-state index is 12.7. The van der Waals surface area contributed by atoms with Crippen LogP contribution in [-0.2, 0) is 11.2 Å². The van der Waals surface area contributed by atoms with Crippen LogP contribution in [0.5, 0.6) is 0 Å². The Balaban J connectivity index is 0.00000161. The third-order valence-corrected chi connectivity index (χ3v) is 5.67. The summed E-state index contributed by atoms with van der Waals surface area (Å²) in [5.41, 5.74) is 1.33. The minimum atomic E-state index is 0. The summed E-state index contributed by atoms with van der Waals surface area (Å²) >= 11 is 1.73. The zero-order chi connectivity index (χ0) is 13.9. The summed E-state index contributed by atoms with van der Waals surface area (Å²) in [6.45, 7) is 2.11. The van der Waals surface area contributed by atoms with E-state index in [-0.39, 0.29) is 17.7 Å². The van der Waals surface area contributed by atoms with Gasteiger partial charge in [-0.25, -0.2) is 0 Å². The fraction of sp³-hybridized carbons (Fsp3) is 0.562. The second-order valence-corrected chi connectivity index (χ2v) is 6.95. The molecule has 1 aromatic rings. The third-order valence-electron chi connectivity index (χ3n) is 4.36. The molecule has 0 radical (unpaired) electrons. The van der Waals surface area contributed by atoms with Crippen molar-refractivity contribution >= 4 is 30.1 Å². The first-order chi connectivity index (χ1) is 9.75. The van der Waals surface area contributed by atoms with Gasteiger partial charge in [-0.15, -0.1) is 24.2 Å². The molecule has 2 aliphatic heterocycles. The first kappa shape index (κ1) is 16.7. The Morgan fingerprint density at radius 2 is 2.10 bits per heavy atom. The normalized spacial score (nSPS) is 24.6. The molecule has 1 fully saturated rings. The molecule has 116 valence electrons. The van der Waals surface area contributed by atoms with Crippen molar-refractivity contribution in [2.45, 2.75) is 41.9 Å². The van der Waals surface area contributed by atoms with Crippen LogP contribution in [0.1, 0.15) is 24.8 Å². The van der Waals surface area contributed by atoms with E-state index in [9.17, 15) is 4.79 Å². The molecular weight excluding hydrogens is 304 g/mol. The van der Waals surface area contributed by atoms with Crippen LogP contribution >= 0.6 is 24.2 Å². The molecule has 0 bridgehead atoms. The second kappa shape index (κ2) is 7.52. The van der Waals surface area contributed by atoms with E-state index in [4.69, 9.17) is 0 Å². The van der Waals surface area contributed by atoms with Gasteiger partial charge in [0, 0.05) is 18.0 Å². The van der Waals surface area contributed by atoms with Crippen LogP contribution in [0, 0.1) is 0 Å². The SMILES string of the molecule is CN(C(=O)C1Cc2ccccc2S1)C1CCCNCC1.Cl. The number of nitrogens with zero attached hydrogens (tertiary/aromatic N) is 1. The van der Waals surface area contributed by atoms with Gasteiger partial charge in [0.25, 0.3) is 0 Å². The Morgan fingerprint density at radius 3 is 2.90 bits per heavy atom. The van der Waals surface area contributed by atoms with Gasteiger partial charge >= 0.3 is 0 Å². The van der Waals surface area contributed by atoms with Crippen molar-refractivity contribution in [3.8, 4) is 0 Å². The molecule has 3 nitrogen and oxygen atoms in total. The van der Waals surface area contributed by atoms with Crippen molar-refractivity contribution in [3.63, 3.8) is 0 Å². The number of amides is 1. The summed E-state index contributed by atoms with van der Waals surface area (Å²) in [7, 11) is 1.99. The summed E-state index contributed by atoms with van der Waals surface area (Å²) in [6, 6.07) is 8.79. The summed E-state index contributed by atoms with van der Waals surface area (Å²) < 4.78 is 0. The van der Waals surface area contributed by atoms with Crippen LogP contribution in [0.25, 0.3) is 0 Å². The van der Waals surface area contributed by atoms with E-state index in [2.05, 4.69) is 29.6 Å². The molecule has 0 aliphatic carbocycles. The van der Waals surface area contributed by atoms with Crippen LogP contribution in [0.15, 0.2) is 29.2 Å². The van der Waals surface area contributed by atoms with Gasteiger partial charge in [-0.1, -0.05) is 18.2 Å². The number of hydrogen-bond acceptors (Lipinski definition) is 3. The molecule has 1 aromatic carbocycles. The standard InChI is InChI=1S/C16H22N2OS.ClH/c1-18(13-6-4-9-17-10-8-13)16(19)15-11-12-5-2-3-7-14(12)20-15;/h2-3,5,7,13,15,17H,4,6,8-11H2,1H3;1H. The maximum absolute atomic E-state index is 12.7. The molecule has 0 saturated carbocycles. The van der Waals surface area contributed by atoms with Gasteiger partial charge < -0.3 is 10.2 Å². The molecule has 3 rings (SSSR count). The first-order valence-electron chi connectivity index (χ1n) is 7.47. The van der Waals surface area contributed by atoms with Crippen LogP contribution < -0.4 is 5.32 Å². The highest BCUT2D eigenvalue weighted by molar-refractivity contribution is 8.01. The molecule has 2 heterocycles. The van der Waals surface area contributed by atoms with E-state index in [1.165, 1.54) is 16.9 Å². The van der Waals surface area contributed by atoms with Crippen LogP contribution in [0.2, 0.25) is 0 Å². The van der Waals surface area contributed by atoms with Gasteiger partial charge in [-0.3, -0.25) is 4.79 Å². The minimum Gasteiger partial charge on any atom is -0.342 e. The average Bonchev–Trinajstić information content (AvgIpc) is 2.72. The summed E-state index contributed by atoms with van der Waals surface area (Å²) in [5.74, 6) is 0.304. The largest absolute Gasteiger partial charge is 0.342 e. The second-order valence-electron chi connectivity index (χ2n) is 5.70. The monoisotopic (exact) mass is 326 g/mol. The predicted molar refractivity (Wildman–Crippen MR) is 90.3 cm³/mol. The average molecular weight is 327 g/mol. The molecule has 5 heteroatoms. The summed E-state index contributed by atoms with van der Waals surface area (Å²) in [6.07, 6.45) is 4.25. The zero-order valence-corrected chi connectivity index (χ0v) is 14.0. The Bertz CT molecular complexity index is 464. The zero-order valence-electron chi connectivity index (χ0n) is 12.4. The van der Waals surface area contributed by atoms with E-state index in [0.29, 0.717) is 11.9 Å². The quantitative estimate of drug-likeness (QED) is 0.907. The Labute approximate surface area is 137 Å². The molecule has 0 aromatic heterocycles. The van der Waals surface area contributed by atoms with Crippen molar-refractivity contribution < 1.29 is 4.79 Å². The van der Waals surface area contributed by atoms with E-state index >= 15 is 0 Å². The van der Waals surface area contributed by atoms with Gasteiger partial charge in [0.1, 0.15) is 0 Å². The first-order valence-corrected chi connectivity index (χ1v) is 8.35. The predicted octanol–water partition coefficient (Wildman–Crippen LogP) is 2.73. The van der Waals surface area contributed by atoms with E-state index in [0.717, 1.165) is 32.4 Å². The lowest BCUT2D eigenvalue weighted by atomic mass is 10.1. The molecular formula is C16H23ClN2OS. The van der Waals surface area contributed by atoms with Gasteiger partial charge in [0.05, 0.1) is 5.25 Å². The number of rotatable bonds is 2. The van der Waals surface area contributed by atoms with E-state index in [1.54, 1.807) is 11.8 Å². The fourth-order valence-electron chi connectivity index (χ4n) is 3.11. The highest BCUT2D eigenvalue weighted by Crippen LogP contribution is 2.37. The number of benzene rings is 1. The van der Waals surface area contributed by atoms with Crippen molar-refractivity contribution in [3.05, 3.63) is 29.8 Å². The molecule has 1 saturated heterocycles. The molecule has 2 aliphatic rings. The molecule has 2 unspecified atom stereocenters. The van der Waals surface area contributed by atoms with Crippen LogP contribution in [0.3, 0.4) is 0 Å². The Kier molecular flexibility index (Phi) is 5.97. The molecule has 2 atom stereocenters. The van der Waals surface area contributed by atoms with E-state index < -0.39 is 0 Å².